The lowest BCUT2D eigenvalue weighted by molar-refractivity contribution is -0.123. The first-order valence-corrected chi connectivity index (χ1v) is 9.35. The Kier molecular flexibility index (Phi) is 4.92. The van der Waals surface area contributed by atoms with Crippen LogP contribution in [0.4, 0.5) is 11.4 Å². The molecule has 0 unspecified atom stereocenters. The number of hydrogen-bond donors (Lipinski definition) is 1. The van der Waals surface area contributed by atoms with Crippen molar-refractivity contribution in [2.24, 2.45) is 0 Å². The van der Waals surface area contributed by atoms with Gasteiger partial charge in [0.2, 0.25) is 5.91 Å². The second-order valence-electron chi connectivity index (χ2n) is 7.02. The Bertz CT molecular complexity index is 858. The van der Waals surface area contributed by atoms with E-state index >= 15 is 0 Å². The normalized spacial score (nSPS) is 20.7. The monoisotopic (exact) mass is 381 g/mol. The van der Waals surface area contributed by atoms with Crippen molar-refractivity contribution in [3.63, 3.8) is 0 Å². The van der Waals surface area contributed by atoms with Crippen LogP contribution in [0.25, 0.3) is 0 Å². The van der Waals surface area contributed by atoms with Crippen molar-refractivity contribution in [2.45, 2.75) is 12.5 Å². The minimum atomic E-state index is -0.406. The van der Waals surface area contributed by atoms with Gasteiger partial charge in [0, 0.05) is 31.9 Å². The number of ether oxygens (including phenoxy) is 1. The molecule has 0 radical (unpaired) electrons. The topological polar surface area (TPSA) is 73.3 Å². The van der Waals surface area contributed by atoms with E-state index in [1.807, 2.05) is 12.1 Å². The van der Waals surface area contributed by atoms with Crippen LogP contribution in [0.15, 0.2) is 48.5 Å². The summed E-state index contributed by atoms with van der Waals surface area (Å²) in [5, 5.41) is 9.43. The van der Waals surface area contributed by atoms with Crippen LogP contribution in [-0.2, 0) is 9.59 Å². The van der Waals surface area contributed by atoms with Crippen LogP contribution in [-0.4, -0.2) is 61.2 Å². The number of benzene rings is 2. The second kappa shape index (κ2) is 7.52. The molecule has 146 valence electrons. The summed E-state index contributed by atoms with van der Waals surface area (Å²) < 4.78 is 5.14. The Hall–Kier alpha value is -3.06. The second-order valence-corrected chi connectivity index (χ2v) is 7.02. The van der Waals surface area contributed by atoms with Gasteiger partial charge in [0.25, 0.3) is 5.91 Å². The van der Waals surface area contributed by atoms with Crippen LogP contribution >= 0.6 is 0 Å². The molecule has 2 fully saturated rings. The zero-order valence-electron chi connectivity index (χ0n) is 15.7. The van der Waals surface area contributed by atoms with Gasteiger partial charge in [-0.15, -0.1) is 0 Å². The molecule has 2 aliphatic heterocycles. The molecule has 0 aromatic heterocycles. The summed E-state index contributed by atoms with van der Waals surface area (Å²) in [6.07, 6.45) is 0.212. The molecule has 7 heteroatoms. The first-order chi connectivity index (χ1) is 13.6. The molecule has 1 atom stereocenters. The third-order valence-electron chi connectivity index (χ3n) is 5.42. The fourth-order valence-electron chi connectivity index (χ4n) is 3.86. The van der Waals surface area contributed by atoms with Crippen LogP contribution in [0.5, 0.6) is 11.5 Å². The van der Waals surface area contributed by atoms with Crippen molar-refractivity contribution >= 4 is 23.2 Å². The zero-order valence-corrected chi connectivity index (χ0v) is 15.7. The zero-order chi connectivity index (χ0) is 19.7. The van der Waals surface area contributed by atoms with E-state index in [9.17, 15) is 14.7 Å². The summed E-state index contributed by atoms with van der Waals surface area (Å²) in [5.74, 6) is 0.607. The predicted octanol–water partition coefficient (Wildman–Crippen LogP) is 1.85. The Morgan fingerprint density at radius 1 is 0.893 bits per heavy atom. The molecule has 0 saturated carbocycles. The first-order valence-electron chi connectivity index (χ1n) is 9.35. The highest BCUT2D eigenvalue weighted by Gasteiger charge is 2.43. The maximum Gasteiger partial charge on any atom is 0.251 e. The van der Waals surface area contributed by atoms with Gasteiger partial charge in [-0.05, 0) is 48.5 Å². The van der Waals surface area contributed by atoms with Gasteiger partial charge < -0.3 is 14.7 Å². The van der Waals surface area contributed by atoms with E-state index in [1.54, 1.807) is 43.5 Å². The number of amides is 2. The van der Waals surface area contributed by atoms with E-state index < -0.39 is 6.04 Å². The van der Waals surface area contributed by atoms with Crippen molar-refractivity contribution in [3.8, 4) is 11.5 Å². The van der Waals surface area contributed by atoms with Crippen LogP contribution in [0.1, 0.15) is 6.42 Å². The molecular formula is C21H23N3O4. The minimum absolute atomic E-state index is 0.159. The number of carbonyl (C=O) groups excluding carboxylic acids is 2. The van der Waals surface area contributed by atoms with E-state index in [0.29, 0.717) is 24.5 Å². The summed E-state index contributed by atoms with van der Waals surface area (Å²) in [4.78, 5) is 31.1. The number of nitrogens with zero attached hydrogens (tertiary/aromatic N) is 3. The van der Waals surface area contributed by atoms with E-state index in [4.69, 9.17) is 4.74 Å². The van der Waals surface area contributed by atoms with E-state index in [1.165, 1.54) is 4.90 Å². The molecular weight excluding hydrogens is 358 g/mol. The fraction of sp³-hybridized carbons (Fsp3) is 0.333. The maximum absolute atomic E-state index is 12.9. The standard InChI is InChI=1S/C21H23N3O4/c1-28-18-8-4-16(5-9-18)24-20(26)14-19(21(24)27)23-12-10-22(11-13-23)15-2-6-17(25)7-3-15/h2-9,19,25H,10-14H2,1H3/t19-/m0/s1. The number of phenolic OH excluding ortho intramolecular Hbond substituents is 1. The smallest absolute Gasteiger partial charge is 0.251 e. The summed E-state index contributed by atoms with van der Waals surface area (Å²) in [6, 6.07) is 13.7. The molecule has 2 aromatic rings. The number of carbonyl (C=O) groups is 2. The lowest BCUT2D eigenvalue weighted by atomic mass is 10.1. The van der Waals surface area contributed by atoms with Crippen LogP contribution in [0.2, 0.25) is 0 Å². The summed E-state index contributed by atoms with van der Waals surface area (Å²) in [6.45, 7) is 2.96. The van der Waals surface area contributed by atoms with Gasteiger partial charge in [-0.3, -0.25) is 14.5 Å². The lowest BCUT2D eigenvalue weighted by Crippen LogP contribution is -2.52. The number of methoxy groups -OCH3 is 1. The molecule has 2 aliphatic rings. The summed E-state index contributed by atoms with van der Waals surface area (Å²) in [5.41, 5.74) is 1.63. The van der Waals surface area contributed by atoms with Crippen molar-refractivity contribution in [2.75, 3.05) is 43.1 Å². The minimum Gasteiger partial charge on any atom is -0.508 e. The third-order valence-corrected chi connectivity index (χ3v) is 5.42. The van der Waals surface area contributed by atoms with Crippen LogP contribution in [0.3, 0.4) is 0 Å². The van der Waals surface area contributed by atoms with Crippen LogP contribution < -0.4 is 14.5 Å². The molecule has 2 amide bonds. The van der Waals surface area contributed by atoms with Gasteiger partial charge in [-0.25, -0.2) is 4.90 Å². The number of imide groups is 1. The maximum atomic E-state index is 12.9. The summed E-state index contributed by atoms with van der Waals surface area (Å²) in [7, 11) is 1.58. The van der Waals surface area contributed by atoms with Crippen molar-refractivity contribution in [3.05, 3.63) is 48.5 Å². The van der Waals surface area contributed by atoms with Crippen molar-refractivity contribution < 1.29 is 19.4 Å². The largest absolute Gasteiger partial charge is 0.508 e. The number of anilines is 2. The van der Waals surface area contributed by atoms with Gasteiger partial charge in [0.15, 0.2) is 0 Å². The number of hydrogen-bond acceptors (Lipinski definition) is 6. The molecule has 0 aliphatic carbocycles. The Morgan fingerprint density at radius 3 is 2.11 bits per heavy atom. The average Bonchev–Trinajstić information content (AvgIpc) is 3.03. The number of rotatable bonds is 4. The molecule has 1 N–H and O–H groups in total. The van der Waals surface area contributed by atoms with E-state index in [0.717, 1.165) is 18.8 Å². The molecule has 4 rings (SSSR count). The van der Waals surface area contributed by atoms with Gasteiger partial charge >= 0.3 is 0 Å². The quantitative estimate of drug-likeness (QED) is 0.815. The SMILES string of the molecule is COc1ccc(N2C(=O)C[C@H](N3CCN(c4ccc(O)cc4)CC3)C2=O)cc1. The van der Waals surface area contributed by atoms with Crippen LogP contribution in [0, 0.1) is 0 Å². The van der Waals surface area contributed by atoms with Gasteiger partial charge in [0.05, 0.1) is 25.3 Å². The van der Waals surface area contributed by atoms with Gasteiger partial charge in [0.1, 0.15) is 11.5 Å². The lowest BCUT2D eigenvalue weighted by Gasteiger charge is -2.38. The Morgan fingerprint density at radius 2 is 1.50 bits per heavy atom. The molecule has 2 heterocycles. The fourth-order valence-corrected chi connectivity index (χ4v) is 3.86. The molecule has 0 bridgehead atoms. The number of piperazine rings is 1. The predicted molar refractivity (Wildman–Crippen MR) is 106 cm³/mol. The third kappa shape index (κ3) is 3.41. The summed E-state index contributed by atoms with van der Waals surface area (Å²) >= 11 is 0. The van der Waals surface area contributed by atoms with Gasteiger partial charge in [-0.1, -0.05) is 0 Å². The number of aromatic hydroxyl groups is 1. The molecule has 7 nitrogen and oxygen atoms in total. The first kappa shape index (κ1) is 18.3. The van der Waals surface area contributed by atoms with E-state index in [2.05, 4.69) is 9.80 Å². The number of phenols is 1. The van der Waals surface area contributed by atoms with Gasteiger partial charge in [-0.2, -0.15) is 0 Å². The van der Waals surface area contributed by atoms with Crippen molar-refractivity contribution in [1.29, 1.82) is 0 Å². The molecule has 2 aromatic carbocycles. The highest BCUT2D eigenvalue weighted by Crippen LogP contribution is 2.28. The Balaban J connectivity index is 1.42. The molecule has 28 heavy (non-hydrogen) atoms. The highest BCUT2D eigenvalue weighted by atomic mass is 16.5. The average molecular weight is 381 g/mol. The molecule has 2 saturated heterocycles. The van der Waals surface area contributed by atoms with E-state index in [-0.39, 0.29) is 24.0 Å². The molecule has 0 spiro atoms. The highest BCUT2D eigenvalue weighted by molar-refractivity contribution is 6.22. The Labute approximate surface area is 163 Å². The van der Waals surface area contributed by atoms with Crippen molar-refractivity contribution in [1.82, 2.24) is 4.90 Å².